The lowest BCUT2D eigenvalue weighted by atomic mass is 10.1. The van der Waals surface area contributed by atoms with Gasteiger partial charge in [0.05, 0.1) is 83.3 Å². The van der Waals surface area contributed by atoms with E-state index in [0.717, 1.165) is 21.9 Å². The fraction of sp³-hybridized carbons (Fsp3) is 0.0500. The summed E-state index contributed by atoms with van der Waals surface area (Å²) in [5.41, 5.74) is -3.98. The summed E-state index contributed by atoms with van der Waals surface area (Å²) in [6.07, 6.45) is -4.55. The first-order valence-corrected chi connectivity index (χ1v) is 21.0. The summed E-state index contributed by atoms with van der Waals surface area (Å²) in [5, 5.41) is -0.662. The minimum atomic E-state index is -5.11. The fourth-order valence-corrected chi connectivity index (χ4v) is 8.79. The first kappa shape index (κ1) is 44.8. The number of amides is 4. The van der Waals surface area contributed by atoms with Crippen LogP contribution in [0, 0.1) is 5.82 Å². The molecule has 4 amide bonds. The Labute approximate surface area is 361 Å². The average Bonchev–Trinajstić information content (AvgIpc) is 3.65. The van der Waals surface area contributed by atoms with E-state index in [2.05, 4.69) is 14.7 Å². The van der Waals surface area contributed by atoms with Crippen molar-refractivity contribution in [1.82, 2.24) is 9.97 Å². The Morgan fingerprint density at radius 2 is 0.953 bits per heavy atom. The summed E-state index contributed by atoms with van der Waals surface area (Å²) in [6.45, 7) is 0. The molecule has 2 aliphatic heterocycles. The lowest BCUT2D eigenvalue weighted by Crippen LogP contribution is -2.29. The molecule has 2 aromatic heterocycles. The molecule has 64 heavy (non-hydrogen) atoms. The number of imide groups is 2. The summed E-state index contributed by atoms with van der Waals surface area (Å²) in [6, 6.07) is 16.9. The van der Waals surface area contributed by atoms with Crippen molar-refractivity contribution >= 4 is 78.0 Å². The number of nitrogens with one attached hydrogen (secondary N) is 2. The highest BCUT2D eigenvalue weighted by atomic mass is 35.5. The standard InChI is InChI=1S/C20H11ClF3N3O4S.C20H11F4N3O4S/c2*21-15-7-6-12(9-14(15)20(22,23)24)32(30,31)26-16-5-1-4-13-17(16)19(29)27(18(13)28)11-3-2-8-25-10-11/h2*1-10,26H. The van der Waals surface area contributed by atoms with Crippen LogP contribution in [-0.2, 0) is 32.4 Å². The molecule has 6 aromatic rings. The molecule has 4 heterocycles. The van der Waals surface area contributed by atoms with E-state index < -0.39 is 87.8 Å². The van der Waals surface area contributed by atoms with Crippen LogP contribution in [0.2, 0.25) is 5.02 Å². The second kappa shape index (κ2) is 16.5. The smallest absolute Gasteiger partial charge is 0.279 e. The van der Waals surface area contributed by atoms with Crippen molar-refractivity contribution in [3.63, 3.8) is 0 Å². The summed E-state index contributed by atoms with van der Waals surface area (Å²) in [5.74, 6) is -4.69. The first-order valence-electron chi connectivity index (χ1n) is 17.6. The van der Waals surface area contributed by atoms with Crippen LogP contribution in [0.1, 0.15) is 52.6 Å². The zero-order chi connectivity index (χ0) is 46.5. The van der Waals surface area contributed by atoms with Gasteiger partial charge in [-0.25, -0.2) is 31.0 Å². The van der Waals surface area contributed by atoms with Crippen molar-refractivity contribution in [1.29, 1.82) is 0 Å². The monoisotopic (exact) mass is 946 g/mol. The Balaban J connectivity index is 0.000000191. The largest absolute Gasteiger partial charge is 0.419 e. The van der Waals surface area contributed by atoms with Crippen molar-refractivity contribution in [2.75, 3.05) is 19.2 Å². The number of anilines is 4. The van der Waals surface area contributed by atoms with Gasteiger partial charge in [0.25, 0.3) is 43.7 Å². The van der Waals surface area contributed by atoms with Crippen LogP contribution in [0.3, 0.4) is 0 Å². The Morgan fingerprint density at radius 1 is 0.531 bits per heavy atom. The lowest BCUT2D eigenvalue weighted by Gasteiger charge is -2.14. The number of sulfonamides is 2. The zero-order valence-corrected chi connectivity index (χ0v) is 33.8. The number of carbonyl (C=O) groups excluding carboxylic acids is 4. The number of nitrogens with zero attached hydrogens (tertiary/aromatic N) is 4. The molecule has 0 unspecified atom stereocenters. The van der Waals surface area contributed by atoms with Crippen LogP contribution in [-0.4, -0.2) is 50.4 Å². The number of fused-ring (bicyclic) bond motifs is 2. The second-order valence-electron chi connectivity index (χ2n) is 13.3. The number of carbonyl (C=O) groups is 4. The molecule has 0 aliphatic carbocycles. The number of benzene rings is 4. The van der Waals surface area contributed by atoms with E-state index in [0.29, 0.717) is 18.2 Å². The number of pyridine rings is 2. The first-order chi connectivity index (χ1) is 30.0. The van der Waals surface area contributed by atoms with Gasteiger partial charge in [0, 0.05) is 12.4 Å². The highest BCUT2D eigenvalue weighted by Gasteiger charge is 2.42. The molecular formula is C40H22ClF7N6O8S2. The molecule has 0 spiro atoms. The maximum atomic E-state index is 13.5. The average molecular weight is 947 g/mol. The summed E-state index contributed by atoms with van der Waals surface area (Å²) in [7, 11) is -9.23. The molecule has 2 aliphatic rings. The minimum Gasteiger partial charge on any atom is -0.279 e. The van der Waals surface area contributed by atoms with Crippen molar-refractivity contribution < 1.29 is 66.7 Å². The van der Waals surface area contributed by atoms with Gasteiger partial charge in [0.2, 0.25) is 0 Å². The molecule has 8 rings (SSSR count). The Bertz CT molecular complexity index is 2930. The Hall–Kier alpha value is -7.24. The van der Waals surface area contributed by atoms with Crippen LogP contribution in [0.15, 0.2) is 132 Å². The molecule has 328 valence electrons. The van der Waals surface area contributed by atoms with E-state index in [9.17, 15) is 66.7 Å². The van der Waals surface area contributed by atoms with E-state index in [1.165, 1.54) is 85.5 Å². The number of hydrogen-bond acceptors (Lipinski definition) is 10. The SMILES string of the molecule is O=C1c2cccc(NS(=O)(=O)c3ccc(Cl)c(C(F)(F)F)c3)c2C(=O)N1c1cccnc1.O=C1c2cccc(NS(=O)(=O)c3ccc(F)c(C(F)(F)F)c3)c2C(=O)N1c1cccnc1. The number of alkyl halides is 6. The number of halogens is 8. The lowest BCUT2D eigenvalue weighted by molar-refractivity contribution is -0.140. The van der Waals surface area contributed by atoms with Crippen LogP contribution in [0.5, 0.6) is 0 Å². The Morgan fingerprint density at radius 3 is 1.36 bits per heavy atom. The summed E-state index contributed by atoms with van der Waals surface area (Å²) in [4.78, 5) is 59.1. The highest BCUT2D eigenvalue weighted by Crippen LogP contribution is 2.39. The third-order valence-corrected chi connectivity index (χ3v) is 12.3. The van der Waals surface area contributed by atoms with Crippen LogP contribution in [0.4, 0.5) is 53.5 Å². The fourth-order valence-electron chi connectivity index (χ4n) is 6.37. The van der Waals surface area contributed by atoms with Crippen molar-refractivity contribution in [2.24, 2.45) is 0 Å². The van der Waals surface area contributed by atoms with Gasteiger partial charge < -0.3 is 0 Å². The van der Waals surface area contributed by atoms with E-state index in [1.807, 2.05) is 4.72 Å². The molecule has 0 atom stereocenters. The third-order valence-electron chi connectivity index (χ3n) is 9.23. The zero-order valence-electron chi connectivity index (χ0n) is 31.4. The molecule has 4 aromatic carbocycles. The number of aromatic nitrogens is 2. The maximum absolute atomic E-state index is 13.5. The van der Waals surface area contributed by atoms with Crippen molar-refractivity contribution in [3.05, 3.63) is 166 Å². The normalized spacial score (nSPS) is 13.9. The van der Waals surface area contributed by atoms with Crippen molar-refractivity contribution in [3.8, 4) is 0 Å². The topological polar surface area (TPSA) is 193 Å². The second-order valence-corrected chi connectivity index (χ2v) is 17.0. The van der Waals surface area contributed by atoms with Gasteiger partial charge in [-0.1, -0.05) is 23.7 Å². The molecule has 0 radical (unpaired) electrons. The van der Waals surface area contributed by atoms with E-state index in [1.54, 1.807) is 0 Å². The van der Waals surface area contributed by atoms with Crippen molar-refractivity contribution in [2.45, 2.75) is 22.1 Å². The van der Waals surface area contributed by atoms with Gasteiger partial charge in [-0.2, -0.15) is 26.3 Å². The molecule has 0 saturated heterocycles. The van der Waals surface area contributed by atoms with Gasteiger partial charge in [-0.15, -0.1) is 0 Å². The van der Waals surface area contributed by atoms with Crippen LogP contribution in [0.25, 0.3) is 0 Å². The molecule has 2 N–H and O–H groups in total. The molecule has 14 nitrogen and oxygen atoms in total. The summed E-state index contributed by atoms with van der Waals surface area (Å²) < 4.78 is 147. The predicted molar refractivity (Wildman–Crippen MR) is 213 cm³/mol. The van der Waals surface area contributed by atoms with Gasteiger partial charge in [-0.3, -0.25) is 38.6 Å². The number of hydrogen-bond donors (Lipinski definition) is 2. The number of rotatable bonds is 8. The van der Waals surface area contributed by atoms with E-state index >= 15 is 0 Å². The minimum absolute atomic E-state index is 0.0638. The molecule has 24 heteroatoms. The van der Waals surface area contributed by atoms with Crippen LogP contribution >= 0.6 is 11.6 Å². The Kier molecular flexibility index (Phi) is 11.5. The van der Waals surface area contributed by atoms with Gasteiger partial charge in [-0.05, 0) is 84.9 Å². The summed E-state index contributed by atoms with van der Waals surface area (Å²) >= 11 is 5.55. The van der Waals surface area contributed by atoms with Gasteiger partial charge >= 0.3 is 12.4 Å². The molecule has 0 bridgehead atoms. The quantitative estimate of drug-likeness (QED) is 0.111. The van der Waals surface area contributed by atoms with Crippen LogP contribution < -0.4 is 19.2 Å². The predicted octanol–water partition coefficient (Wildman–Crippen LogP) is 8.20. The molecular weight excluding hydrogens is 925 g/mol. The molecule has 0 fully saturated rings. The molecule has 0 saturated carbocycles. The van der Waals surface area contributed by atoms with Gasteiger partial charge in [0.1, 0.15) is 5.82 Å². The third kappa shape index (κ3) is 8.46. The van der Waals surface area contributed by atoms with E-state index in [-0.39, 0.29) is 51.1 Å². The van der Waals surface area contributed by atoms with E-state index in [4.69, 9.17) is 11.6 Å². The highest BCUT2D eigenvalue weighted by molar-refractivity contribution is 7.93. The maximum Gasteiger partial charge on any atom is 0.419 e. The van der Waals surface area contributed by atoms with Gasteiger partial charge in [0.15, 0.2) is 0 Å².